The third kappa shape index (κ3) is 2.58. The van der Waals surface area contributed by atoms with Gasteiger partial charge in [0, 0.05) is 6.04 Å². The fourth-order valence-electron chi connectivity index (χ4n) is 1.13. The molecule has 1 fully saturated rings. The maximum atomic E-state index is 10.9. The molecule has 0 amide bonds. The van der Waals surface area contributed by atoms with Gasteiger partial charge in [-0.15, -0.1) is 0 Å². The lowest BCUT2D eigenvalue weighted by molar-refractivity contribution is 0.231. The fraction of sp³-hybridized carbons (Fsp3) is 0.800. The van der Waals surface area contributed by atoms with Gasteiger partial charge in [0.05, 0.1) is 11.5 Å². The van der Waals surface area contributed by atoms with E-state index in [1.54, 1.807) is 5.48 Å². The molecule has 0 unspecified atom stereocenters. The van der Waals surface area contributed by atoms with Gasteiger partial charge >= 0.3 is 0 Å². The highest BCUT2D eigenvalue weighted by molar-refractivity contribution is 7.91. The zero-order chi connectivity index (χ0) is 9.19. The zero-order valence-electron chi connectivity index (χ0n) is 6.28. The highest BCUT2D eigenvalue weighted by Crippen LogP contribution is 2.10. The topological polar surface area (TPSA) is 78.4 Å². The van der Waals surface area contributed by atoms with Crippen molar-refractivity contribution in [3.63, 3.8) is 0 Å². The Balaban J connectivity index is 2.43. The first kappa shape index (κ1) is 9.69. The Morgan fingerprint density at radius 2 is 2.25 bits per heavy atom. The molecular formula is C5H10N2O3S2. The molecule has 5 nitrogen and oxygen atoms in total. The molecule has 1 rings (SSSR count). The van der Waals surface area contributed by atoms with Crippen LogP contribution in [0, 0.1) is 0 Å². The summed E-state index contributed by atoms with van der Waals surface area (Å²) in [5, 5.41) is 11.1. The van der Waals surface area contributed by atoms with Crippen molar-refractivity contribution in [3.8, 4) is 0 Å². The fourth-order valence-corrected chi connectivity index (χ4v) is 2.97. The molecule has 0 aromatic rings. The average Bonchev–Trinajstić information content (AvgIpc) is 2.30. The van der Waals surface area contributed by atoms with Crippen LogP contribution in [0.3, 0.4) is 0 Å². The van der Waals surface area contributed by atoms with Gasteiger partial charge in [0.25, 0.3) is 0 Å². The molecule has 3 N–H and O–H groups in total. The Hall–Kier alpha value is -0.400. The van der Waals surface area contributed by atoms with Gasteiger partial charge in [-0.2, -0.15) is 0 Å². The van der Waals surface area contributed by atoms with Gasteiger partial charge in [0.1, 0.15) is 0 Å². The van der Waals surface area contributed by atoms with E-state index in [2.05, 4.69) is 17.5 Å². The molecule has 70 valence electrons. The highest BCUT2D eigenvalue weighted by atomic mass is 32.2. The van der Waals surface area contributed by atoms with E-state index in [-0.39, 0.29) is 22.7 Å². The van der Waals surface area contributed by atoms with Crippen LogP contribution in [0.5, 0.6) is 0 Å². The second-order valence-corrected chi connectivity index (χ2v) is 5.32. The van der Waals surface area contributed by atoms with Crippen LogP contribution in [0.25, 0.3) is 0 Å². The number of thiocarbonyl (C=S) groups is 1. The maximum Gasteiger partial charge on any atom is 0.190 e. The molecule has 0 spiro atoms. The molecule has 0 radical (unpaired) electrons. The third-order valence-corrected chi connectivity index (χ3v) is 3.65. The lowest BCUT2D eigenvalue weighted by Crippen LogP contribution is -2.41. The van der Waals surface area contributed by atoms with Crippen LogP contribution in [-0.2, 0) is 9.84 Å². The van der Waals surface area contributed by atoms with Gasteiger partial charge in [-0.25, -0.2) is 13.9 Å². The number of sulfone groups is 1. The summed E-state index contributed by atoms with van der Waals surface area (Å²) in [5.74, 6) is 0.285. The van der Waals surface area contributed by atoms with Gasteiger partial charge in [0.2, 0.25) is 0 Å². The van der Waals surface area contributed by atoms with E-state index in [1.165, 1.54) is 0 Å². The minimum absolute atomic E-state index is 0.0668. The van der Waals surface area contributed by atoms with Gasteiger partial charge in [0.15, 0.2) is 14.9 Å². The summed E-state index contributed by atoms with van der Waals surface area (Å²) in [7, 11) is -2.88. The summed E-state index contributed by atoms with van der Waals surface area (Å²) >= 11 is 4.60. The van der Waals surface area contributed by atoms with E-state index in [4.69, 9.17) is 5.21 Å². The van der Waals surface area contributed by atoms with Crippen LogP contribution in [0.2, 0.25) is 0 Å². The van der Waals surface area contributed by atoms with Crippen LogP contribution >= 0.6 is 12.2 Å². The number of nitrogens with one attached hydrogen (secondary N) is 2. The van der Waals surface area contributed by atoms with Crippen molar-refractivity contribution in [2.75, 3.05) is 11.5 Å². The van der Waals surface area contributed by atoms with Crippen LogP contribution in [0.4, 0.5) is 0 Å². The van der Waals surface area contributed by atoms with Crippen LogP contribution in [-0.4, -0.2) is 36.3 Å². The maximum absolute atomic E-state index is 10.9. The molecule has 1 atom stereocenters. The molecule has 0 aromatic carbocycles. The van der Waals surface area contributed by atoms with E-state index < -0.39 is 9.84 Å². The van der Waals surface area contributed by atoms with E-state index in [9.17, 15) is 8.42 Å². The first-order chi connectivity index (χ1) is 5.53. The molecule has 0 aliphatic carbocycles. The molecule has 12 heavy (non-hydrogen) atoms. The predicted molar refractivity (Wildman–Crippen MR) is 47.7 cm³/mol. The van der Waals surface area contributed by atoms with Crippen LogP contribution in [0.15, 0.2) is 0 Å². The molecule has 1 aliphatic rings. The molecular weight excluding hydrogens is 200 g/mol. The SMILES string of the molecule is O=S1(=O)CC[C@H](NC(=S)NO)C1. The Kier molecular flexibility index (Phi) is 2.86. The van der Waals surface area contributed by atoms with E-state index in [0.29, 0.717) is 6.42 Å². The second-order valence-electron chi connectivity index (χ2n) is 2.69. The number of hydroxylamine groups is 1. The molecule has 1 saturated heterocycles. The molecule has 1 aliphatic heterocycles. The lowest BCUT2D eigenvalue weighted by Gasteiger charge is -2.10. The van der Waals surface area contributed by atoms with Crippen molar-refractivity contribution in [2.24, 2.45) is 0 Å². The Labute approximate surface area is 76.0 Å². The van der Waals surface area contributed by atoms with Crippen LogP contribution < -0.4 is 10.8 Å². The Bertz CT molecular complexity index is 274. The molecule has 0 aromatic heterocycles. The average molecular weight is 210 g/mol. The van der Waals surface area contributed by atoms with Gasteiger partial charge in [-0.3, -0.25) is 5.21 Å². The van der Waals surface area contributed by atoms with E-state index in [0.717, 1.165) is 0 Å². The first-order valence-corrected chi connectivity index (χ1v) is 5.67. The second kappa shape index (κ2) is 3.55. The normalized spacial score (nSPS) is 26.6. The number of hydrogen-bond donors (Lipinski definition) is 3. The summed E-state index contributed by atoms with van der Waals surface area (Å²) < 4.78 is 21.9. The number of rotatable bonds is 1. The van der Waals surface area contributed by atoms with Gasteiger partial charge < -0.3 is 5.32 Å². The monoisotopic (exact) mass is 210 g/mol. The number of hydrogen-bond acceptors (Lipinski definition) is 4. The molecule has 0 bridgehead atoms. The van der Waals surface area contributed by atoms with Crippen molar-refractivity contribution in [3.05, 3.63) is 0 Å². The van der Waals surface area contributed by atoms with Gasteiger partial charge in [-0.1, -0.05) is 0 Å². The summed E-state index contributed by atoms with van der Waals surface area (Å²) in [5.41, 5.74) is 1.74. The van der Waals surface area contributed by atoms with E-state index >= 15 is 0 Å². The first-order valence-electron chi connectivity index (χ1n) is 3.44. The van der Waals surface area contributed by atoms with Crippen molar-refractivity contribution in [1.82, 2.24) is 10.8 Å². The van der Waals surface area contributed by atoms with Crippen molar-refractivity contribution < 1.29 is 13.6 Å². The standard InChI is InChI=1S/C5H10N2O3S2/c8-7-5(11)6-4-1-2-12(9,10)3-4/h4,8H,1-3H2,(H2,6,7,11)/t4-/m0/s1. The largest absolute Gasteiger partial charge is 0.357 e. The smallest absolute Gasteiger partial charge is 0.190 e. The summed E-state index contributed by atoms with van der Waals surface area (Å²) in [6.45, 7) is 0. The zero-order valence-corrected chi connectivity index (χ0v) is 7.91. The summed E-state index contributed by atoms with van der Waals surface area (Å²) in [6, 6.07) is -0.165. The Morgan fingerprint density at radius 1 is 1.58 bits per heavy atom. The third-order valence-electron chi connectivity index (χ3n) is 1.67. The van der Waals surface area contributed by atoms with Crippen molar-refractivity contribution in [1.29, 1.82) is 0 Å². The summed E-state index contributed by atoms with van der Waals surface area (Å²) in [6.07, 6.45) is 0.546. The predicted octanol–water partition coefficient (Wildman–Crippen LogP) is -0.973. The van der Waals surface area contributed by atoms with Crippen LogP contribution in [0.1, 0.15) is 6.42 Å². The van der Waals surface area contributed by atoms with Crippen molar-refractivity contribution in [2.45, 2.75) is 12.5 Å². The lowest BCUT2D eigenvalue weighted by atomic mass is 10.3. The molecule has 0 saturated carbocycles. The van der Waals surface area contributed by atoms with Gasteiger partial charge in [-0.05, 0) is 18.6 Å². The minimum Gasteiger partial charge on any atom is -0.357 e. The minimum atomic E-state index is -2.88. The van der Waals surface area contributed by atoms with Crippen molar-refractivity contribution >= 4 is 27.2 Å². The summed E-state index contributed by atoms with van der Waals surface area (Å²) in [4.78, 5) is 0. The molecule has 7 heteroatoms. The van der Waals surface area contributed by atoms with E-state index in [1.807, 2.05) is 0 Å². The quantitative estimate of drug-likeness (QED) is 0.382. The Morgan fingerprint density at radius 3 is 2.67 bits per heavy atom. The highest BCUT2D eigenvalue weighted by Gasteiger charge is 2.27. The molecule has 1 heterocycles.